The van der Waals surface area contributed by atoms with Gasteiger partial charge in [0.15, 0.2) is 12.1 Å². The zero-order valence-electron chi connectivity index (χ0n) is 10.8. The highest BCUT2D eigenvalue weighted by atomic mass is 32.1. The van der Waals surface area contributed by atoms with Crippen LogP contribution in [0.5, 0.6) is 0 Å². The highest BCUT2D eigenvalue weighted by molar-refractivity contribution is 7.12. The Kier molecular flexibility index (Phi) is 5.35. The fourth-order valence-corrected chi connectivity index (χ4v) is 3.02. The summed E-state index contributed by atoms with van der Waals surface area (Å²) < 4.78 is 11.2. The number of Topliss-reactive ketones (excluding diaryl/α,β-unsaturated/α-hetero) is 1. The van der Waals surface area contributed by atoms with Gasteiger partial charge in [-0.25, -0.2) is 0 Å². The molecule has 4 heteroatoms. The molecule has 1 aliphatic rings. The van der Waals surface area contributed by atoms with E-state index in [2.05, 4.69) is 0 Å². The summed E-state index contributed by atoms with van der Waals surface area (Å²) in [5.41, 5.74) is 1.15. The third-order valence-corrected chi connectivity index (χ3v) is 4.16. The molecule has 1 aromatic rings. The maximum absolute atomic E-state index is 11.4. The zero-order valence-corrected chi connectivity index (χ0v) is 11.6. The van der Waals surface area contributed by atoms with E-state index in [0.29, 0.717) is 6.61 Å². The number of carbonyl (C=O) groups excluding carboxylic acids is 1. The van der Waals surface area contributed by atoms with Gasteiger partial charge in [-0.15, -0.1) is 11.3 Å². The van der Waals surface area contributed by atoms with Crippen LogP contribution in [0.1, 0.15) is 47.8 Å². The van der Waals surface area contributed by atoms with Crippen molar-refractivity contribution in [3.05, 3.63) is 21.9 Å². The Bertz CT molecular complexity index is 380. The summed E-state index contributed by atoms with van der Waals surface area (Å²) in [6.45, 7) is 3.16. The summed E-state index contributed by atoms with van der Waals surface area (Å²) in [6, 6.07) is 2.04. The topological polar surface area (TPSA) is 35.5 Å². The number of aryl methyl sites for hydroxylation is 1. The summed E-state index contributed by atoms with van der Waals surface area (Å²) in [7, 11) is 0. The van der Waals surface area contributed by atoms with Crippen LogP contribution >= 0.6 is 11.3 Å². The predicted octanol–water partition coefficient (Wildman–Crippen LogP) is 3.43. The average molecular weight is 268 g/mol. The fraction of sp³-hybridized carbons (Fsp3) is 0.643. The summed E-state index contributed by atoms with van der Waals surface area (Å²) in [4.78, 5) is 12.3. The van der Waals surface area contributed by atoms with Crippen LogP contribution in [0.4, 0.5) is 0 Å². The van der Waals surface area contributed by atoms with E-state index in [1.54, 1.807) is 6.92 Å². The molecule has 0 radical (unpaired) electrons. The van der Waals surface area contributed by atoms with Gasteiger partial charge in [-0.3, -0.25) is 4.79 Å². The Hall–Kier alpha value is -0.710. The Morgan fingerprint density at radius 1 is 1.56 bits per heavy atom. The van der Waals surface area contributed by atoms with Crippen molar-refractivity contribution in [2.24, 2.45) is 0 Å². The van der Waals surface area contributed by atoms with Crippen LogP contribution < -0.4 is 0 Å². The standard InChI is InChI=1S/C14H20O3S/c1-11(15)14-12(7-10-18-14)5-4-9-17-13-6-2-3-8-16-13/h7,10,13H,2-6,8-9H2,1H3. The van der Waals surface area contributed by atoms with E-state index < -0.39 is 0 Å². The summed E-state index contributed by atoms with van der Waals surface area (Å²) in [6.07, 6.45) is 5.20. The first kappa shape index (κ1) is 13.7. The van der Waals surface area contributed by atoms with Crippen molar-refractivity contribution in [2.45, 2.75) is 45.3 Å². The molecule has 0 N–H and O–H groups in total. The molecule has 100 valence electrons. The quantitative estimate of drug-likeness (QED) is 0.586. The number of hydrogen-bond acceptors (Lipinski definition) is 4. The lowest BCUT2D eigenvalue weighted by Crippen LogP contribution is -2.22. The first-order chi connectivity index (χ1) is 8.77. The number of carbonyl (C=O) groups is 1. The van der Waals surface area contributed by atoms with Crippen LogP contribution in [0.2, 0.25) is 0 Å². The van der Waals surface area contributed by atoms with Gasteiger partial charge in [-0.1, -0.05) is 0 Å². The van der Waals surface area contributed by atoms with Crippen LogP contribution in [0.25, 0.3) is 0 Å². The van der Waals surface area contributed by atoms with E-state index in [9.17, 15) is 4.79 Å². The van der Waals surface area contributed by atoms with Crippen LogP contribution in [-0.2, 0) is 15.9 Å². The molecular formula is C14H20O3S. The maximum Gasteiger partial charge on any atom is 0.169 e. The van der Waals surface area contributed by atoms with E-state index >= 15 is 0 Å². The molecule has 0 spiro atoms. The number of ether oxygens (including phenoxy) is 2. The molecule has 1 aromatic heterocycles. The van der Waals surface area contributed by atoms with Crippen molar-refractivity contribution in [3.63, 3.8) is 0 Å². The molecule has 1 atom stereocenters. The Morgan fingerprint density at radius 3 is 3.17 bits per heavy atom. The van der Waals surface area contributed by atoms with E-state index in [-0.39, 0.29) is 12.1 Å². The first-order valence-electron chi connectivity index (χ1n) is 6.58. The van der Waals surface area contributed by atoms with E-state index in [4.69, 9.17) is 9.47 Å². The lowest BCUT2D eigenvalue weighted by atomic mass is 10.1. The minimum absolute atomic E-state index is 0.00602. The normalized spacial score (nSPS) is 19.9. The molecule has 3 nitrogen and oxygen atoms in total. The fourth-order valence-electron chi connectivity index (χ4n) is 2.16. The highest BCUT2D eigenvalue weighted by Crippen LogP contribution is 2.19. The Labute approximate surface area is 112 Å². The number of thiophene rings is 1. The average Bonchev–Trinajstić information content (AvgIpc) is 2.84. The zero-order chi connectivity index (χ0) is 12.8. The van der Waals surface area contributed by atoms with Crippen LogP contribution in [0.15, 0.2) is 11.4 Å². The molecule has 1 fully saturated rings. The molecule has 0 aromatic carbocycles. The van der Waals surface area contributed by atoms with Crippen molar-refractivity contribution in [2.75, 3.05) is 13.2 Å². The third kappa shape index (κ3) is 3.90. The second-order valence-corrected chi connectivity index (χ2v) is 5.52. The molecule has 0 amide bonds. The van der Waals surface area contributed by atoms with Crippen molar-refractivity contribution in [3.8, 4) is 0 Å². The van der Waals surface area contributed by atoms with Gasteiger partial charge in [0.25, 0.3) is 0 Å². The van der Waals surface area contributed by atoms with Gasteiger partial charge in [-0.2, -0.15) is 0 Å². The summed E-state index contributed by atoms with van der Waals surface area (Å²) in [5, 5.41) is 1.98. The largest absolute Gasteiger partial charge is 0.353 e. The van der Waals surface area contributed by atoms with Gasteiger partial charge in [0.05, 0.1) is 11.5 Å². The SMILES string of the molecule is CC(=O)c1sccc1CCCOC1CCCCO1. The molecule has 0 bridgehead atoms. The molecule has 1 aliphatic heterocycles. The molecule has 0 aliphatic carbocycles. The minimum atomic E-state index is -0.00602. The molecule has 2 heterocycles. The summed E-state index contributed by atoms with van der Waals surface area (Å²) >= 11 is 1.53. The summed E-state index contributed by atoms with van der Waals surface area (Å²) in [5.74, 6) is 0.163. The van der Waals surface area contributed by atoms with Gasteiger partial charge in [0.2, 0.25) is 0 Å². The molecule has 2 rings (SSSR count). The van der Waals surface area contributed by atoms with Gasteiger partial charge in [0, 0.05) is 6.61 Å². The van der Waals surface area contributed by atoms with Crippen LogP contribution in [0, 0.1) is 0 Å². The lowest BCUT2D eigenvalue weighted by Gasteiger charge is -2.22. The predicted molar refractivity (Wildman–Crippen MR) is 72.2 cm³/mol. The number of ketones is 1. The first-order valence-corrected chi connectivity index (χ1v) is 7.46. The second-order valence-electron chi connectivity index (χ2n) is 4.60. The molecular weight excluding hydrogens is 248 g/mol. The monoisotopic (exact) mass is 268 g/mol. The van der Waals surface area contributed by atoms with Crippen molar-refractivity contribution in [1.29, 1.82) is 0 Å². The van der Waals surface area contributed by atoms with Gasteiger partial charge >= 0.3 is 0 Å². The van der Waals surface area contributed by atoms with E-state index in [1.807, 2.05) is 11.4 Å². The van der Waals surface area contributed by atoms with Gasteiger partial charge in [0.1, 0.15) is 0 Å². The smallest absolute Gasteiger partial charge is 0.169 e. The van der Waals surface area contributed by atoms with Gasteiger partial charge < -0.3 is 9.47 Å². The molecule has 1 saturated heterocycles. The number of rotatable bonds is 6. The van der Waals surface area contributed by atoms with Crippen molar-refractivity contribution < 1.29 is 14.3 Å². The van der Waals surface area contributed by atoms with Crippen LogP contribution in [0.3, 0.4) is 0 Å². The van der Waals surface area contributed by atoms with E-state index in [1.165, 1.54) is 17.8 Å². The third-order valence-electron chi connectivity index (χ3n) is 3.10. The maximum atomic E-state index is 11.4. The molecule has 0 saturated carbocycles. The highest BCUT2D eigenvalue weighted by Gasteiger charge is 2.14. The molecule has 1 unspecified atom stereocenters. The van der Waals surface area contributed by atoms with Gasteiger partial charge in [-0.05, 0) is 56.0 Å². The Morgan fingerprint density at radius 2 is 2.44 bits per heavy atom. The van der Waals surface area contributed by atoms with Crippen molar-refractivity contribution in [1.82, 2.24) is 0 Å². The molecule has 18 heavy (non-hydrogen) atoms. The minimum Gasteiger partial charge on any atom is -0.353 e. The van der Waals surface area contributed by atoms with Crippen molar-refractivity contribution >= 4 is 17.1 Å². The van der Waals surface area contributed by atoms with E-state index in [0.717, 1.165) is 42.7 Å². The van der Waals surface area contributed by atoms with Crippen LogP contribution in [-0.4, -0.2) is 25.3 Å². The Balaban J connectivity index is 1.68. The second kappa shape index (κ2) is 7.02. The number of hydrogen-bond donors (Lipinski definition) is 0. The lowest BCUT2D eigenvalue weighted by molar-refractivity contribution is -0.162.